The summed E-state index contributed by atoms with van der Waals surface area (Å²) in [4.78, 5) is 30.8. The lowest BCUT2D eigenvalue weighted by atomic mass is 9.92. The van der Waals surface area contributed by atoms with E-state index < -0.39 is 5.76 Å². The van der Waals surface area contributed by atoms with Crippen molar-refractivity contribution in [1.29, 1.82) is 0 Å². The molecule has 0 spiro atoms. The minimum absolute atomic E-state index is 0.0243. The van der Waals surface area contributed by atoms with Crippen LogP contribution in [0, 0.1) is 27.7 Å². The molecule has 3 rings (SSSR count). The largest absolute Gasteiger partial charge is 0.453 e. The van der Waals surface area contributed by atoms with Crippen LogP contribution >= 0.6 is 0 Å². The molecular weight excluding hydrogens is 346 g/mol. The molecule has 0 aliphatic heterocycles. The van der Waals surface area contributed by atoms with Crippen LogP contribution in [0.4, 0.5) is 0 Å². The van der Waals surface area contributed by atoms with E-state index in [0.717, 1.165) is 22.3 Å². The Morgan fingerprint density at radius 2 is 1.85 bits per heavy atom. The third kappa shape index (κ3) is 3.32. The minimum Gasteiger partial charge on any atom is -0.453 e. The van der Waals surface area contributed by atoms with Crippen molar-refractivity contribution >= 4 is 17.1 Å². The van der Waals surface area contributed by atoms with E-state index in [1.54, 1.807) is 6.07 Å². The number of carbonyl (C=O) groups excluding carboxylic acids is 1. The lowest BCUT2D eigenvalue weighted by molar-refractivity contribution is 0.0941. The quantitative estimate of drug-likeness (QED) is 0.731. The van der Waals surface area contributed by atoms with E-state index in [1.807, 2.05) is 41.5 Å². The highest BCUT2D eigenvalue weighted by molar-refractivity contribution is 5.98. The number of fused-ring (bicyclic) bond motifs is 1. The van der Waals surface area contributed by atoms with E-state index >= 15 is 0 Å². The van der Waals surface area contributed by atoms with Crippen molar-refractivity contribution < 1.29 is 13.9 Å². The van der Waals surface area contributed by atoms with Gasteiger partial charge >= 0.3 is 5.76 Å². The maximum Gasteiger partial charge on any atom is 0.418 e. The Morgan fingerprint density at radius 1 is 1.15 bits per heavy atom. The molecule has 7 nitrogen and oxygen atoms in total. The average molecular weight is 369 g/mol. The summed E-state index contributed by atoms with van der Waals surface area (Å²) in [5.41, 5.74) is 4.71. The van der Waals surface area contributed by atoms with Gasteiger partial charge in [-0.25, -0.2) is 9.78 Å². The second kappa shape index (κ2) is 6.90. The van der Waals surface area contributed by atoms with E-state index in [9.17, 15) is 9.59 Å². The molecule has 0 radical (unpaired) electrons. The number of pyridine rings is 1. The van der Waals surface area contributed by atoms with Crippen molar-refractivity contribution in [3.05, 3.63) is 50.6 Å². The topological polar surface area (TPSA) is 97.2 Å². The molecule has 2 heterocycles. The molecule has 142 valence electrons. The van der Waals surface area contributed by atoms with Crippen molar-refractivity contribution in [3.63, 3.8) is 0 Å². The Hall–Kier alpha value is -3.09. The minimum atomic E-state index is -0.598. The third-order valence-corrected chi connectivity index (χ3v) is 4.70. The summed E-state index contributed by atoms with van der Waals surface area (Å²) in [6.45, 7) is 11.5. The number of benzene rings is 1. The molecule has 27 heavy (non-hydrogen) atoms. The molecule has 0 saturated carbocycles. The van der Waals surface area contributed by atoms with Gasteiger partial charge in [0.25, 0.3) is 5.91 Å². The van der Waals surface area contributed by atoms with Gasteiger partial charge in [0, 0.05) is 29.4 Å². The summed E-state index contributed by atoms with van der Waals surface area (Å²) in [5, 5.41) is 2.94. The number of ether oxygens (including phenoxy) is 1. The highest BCUT2D eigenvalue weighted by Crippen LogP contribution is 2.37. The molecule has 0 unspecified atom stereocenters. The Balaban J connectivity index is 2.16. The molecule has 3 aromatic rings. The van der Waals surface area contributed by atoms with E-state index in [-0.39, 0.29) is 17.5 Å². The van der Waals surface area contributed by atoms with Crippen LogP contribution in [-0.4, -0.2) is 21.9 Å². The predicted molar refractivity (Wildman–Crippen MR) is 103 cm³/mol. The van der Waals surface area contributed by atoms with Gasteiger partial charge in [-0.2, -0.15) is 0 Å². The average Bonchev–Trinajstić information content (AvgIpc) is 2.97. The van der Waals surface area contributed by atoms with E-state index in [0.29, 0.717) is 22.7 Å². The van der Waals surface area contributed by atoms with Crippen LogP contribution in [0.2, 0.25) is 0 Å². The van der Waals surface area contributed by atoms with Gasteiger partial charge in [0.15, 0.2) is 11.4 Å². The zero-order valence-electron chi connectivity index (χ0n) is 16.3. The molecule has 0 bridgehead atoms. The highest BCUT2D eigenvalue weighted by atomic mass is 16.5. The summed E-state index contributed by atoms with van der Waals surface area (Å²) in [6.07, 6.45) is 1.53. The van der Waals surface area contributed by atoms with Gasteiger partial charge in [-0.3, -0.25) is 9.78 Å². The number of nitrogens with one attached hydrogen (secondary N) is 2. The van der Waals surface area contributed by atoms with Crippen LogP contribution < -0.4 is 15.8 Å². The Labute approximate surface area is 156 Å². The molecule has 0 aliphatic carbocycles. The first-order valence-corrected chi connectivity index (χ1v) is 8.77. The molecule has 0 saturated heterocycles. The van der Waals surface area contributed by atoms with Crippen LogP contribution in [-0.2, 0) is 0 Å². The number of H-pyrrole nitrogens is 1. The van der Waals surface area contributed by atoms with Crippen LogP contribution in [0.3, 0.4) is 0 Å². The van der Waals surface area contributed by atoms with Crippen molar-refractivity contribution in [3.8, 4) is 11.5 Å². The first-order valence-electron chi connectivity index (χ1n) is 8.77. The maximum atomic E-state index is 12.7. The standard InChI is InChI=1S/C20H23N3O4/c1-9(2)22-19(24)15-11(4)10(3)12(5)16(13(15)6)26-14-7-8-21-18-17(14)27-20(25)23-18/h7-9H,1-6H3,(H,22,24)(H,21,23,25). The van der Waals surface area contributed by atoms with Crippen molar-refractivity contribution in [2.45, 2.75) is 47.6 Å². The lowest BCUT2D eigenvalue weighted by Crippen LogP contribution is -2.31. The Morgan fingerprint density at radius 3 is 2.52 bits per heavy atom. The fourth-order valence-electron chi connectivity index (χ4n) is 3.17. The predicted octanol–water partition coefficient (Wildman–Crippen LogP) is 3.68. The zero-order valence-corrected chi connectivity index (χ0v) is 16.3. The maximum absolute atomic E-state index is 12.7. The Bertz CT molecular complexity index is 1090. The van der Waals surface area contributed by atoms with Crippen LogP contribution in [0.5, 0.6) is 11.5 Å². The number of aromatic nitrogens is 2. The normalized spacial score (nSPS) is 11.2. The highest BCUT2D eigenvalue weighted by Gasteiger charge is 2.22. The Kier molecular flexibility index (Phi) is 4.78. The van der Waals surface area contributed by atoms with Crippen LogP contribution in [0.1, 0.15) is 46.5 Å². The number of rotatable bonds is 4. The van der Waals surface area contributed by atoms with E-state index in [2.05, 4.69) is 15.3 Å². The number of carbonyl (C=O) groups is 1. The fourth-order valence-corrected chi connectivity index (χ4v) is 3.17. The van der Waals surface area contributed by atoms with Gasteiger partial charge in [-0.15, -0.1) is 0 Å². The number of amides is 1. The van der Waals surface area contributed by atoms with E-state index in [4.69, 9.17) is 9.15 Å². The molecular formula is C20H23N3O4. The molecule has 0 aliphatic rings. The second-order valence-corrected chi connectivity index (χ2v) is 6.94. The molecule has 0 atom stereocenters. The second-order valence-electron chi connectivity index (χ2n) is 6.94. The SMILES string of the molecule is Cc1c(C)c(Oc2ccnc3[nH]c(=O)oc23)c(C)c(C(=O)NC(C)C)c1C. The van der Waals surface area contributed by atoms with Crippen molar-refractivity contribution in [2.75, 3.05) is 0 Å². The summed E-state index contributed by atoms with van der Waals surface area (Å²) < 4.78 is 11.3. The number of hydrogen-bond donors (Lipinski definition) is 2. The molecule has 1 amide bonds. The fraction of sp³-hybridized carbons (Fsp3) is 0.350. The third-order valence-electron chi connectivity index (χ3n) is 4.70. The van der Waals surface area contributed by atoms with E-state index in [1.165, 1.54) is 6.20 Å². The summed E-state index contributed by atoms with van der Waals surface area (Å²) in [5.74, 6) is 0.200. The van der Waals surface area contributed by atoms with Crippen LogP contribution in [0.25, 0.3) is 11.2 Å². The van der Waals surface area contributed by atoms with Gasteiger partial charge < -0.3 is 14.5 Å². The molecule has 0 fully saturated rings. The van der Waals surface area contributed by atoms with Crippen molar-refractivity contribution in [1.82, 2.24) is 15.3 Å². The summed E-state index contributed by atoms with van der Waals surface area (Å²) in [6, 6.07) is 1.65. The van der Waals surface area contributed by atoms with Gasteiger partial charge in [0.2, 0.25) is 5.58 Å². The molecule has 2 N–H and O–H groups in total. The summed E-state index contributed by atoms with van der Waals surface area (Å²) in [7, 11) is 0. The van der Waals surface area contributed by atoms with Crippen LogP contribution in [0.15, 0.2) is 21.5 Å². The molecule has 2 aromatic heterocycles. The number of nitrogens with zero attached hydrogens (tertiary/aromatic N) is 1. The van der Waals surface area contributed by atoms with Gasteiger partial charge in [-0.05, 0) is 58.2 Å². The smallest absolute Gasteiger partial charge is 0.418 e. The molecule has 7 heteroatoms. The van der Waals surface area contributed by atoms with Crippen molar-refractivity contribution in [2.24, 2.45) is 0 Å². The first kappa shape index (κ1) is 18.7. The van der Waals surface area contributed by atoms with Gasteiger partial charge in [0.1, 0.15) is 5.75 Å². The zero-order chi connectivity index (χ0) is 19.9. The lowest BCUT2D eigenvalue weighted by Gasteiger charge is -2.21. The number of hydrogen-bond acceptors (Lipinski definition) is 5. The number of oxazole rings is 1. The monoisotopic (exact) mass is 369 g/mol. The van der Waals surface area contributed by atoms with Gasteiger partial charge in [-0.1, -0.05) is 0 Å². The summed E-state index contributed by atoms with van der Waals surface area (Å²) >= 11 is 0. The first-order chi connectivity index (χ1) is 12.7. The van der Waals surface area contributed by atoms with Gasteiger partial charge in [0.05, 0.1) is 0 Å². The number of aromatic amines is 1. The molecule has 1 aromatic carbocycles.